The maximum atomic E-state index is 13.2. The summed E-state index contributed by atoms with van der Waals surface area (Å²) in [6.45, 7) is 5.44. The van der Waals surface area contributed by atoms with E-state index in [2.05, 4.69) is 39.8 Å². The summed E-state index contributed by atoms with van der Waals surface area (Å²) < 4.78 is 5.63. The number of amides is 2. The van der Waals surface area contributed by atoms with Crippen molar-refractivity contribution in [3.8, 4) is 11.1 Å². The lowest BCUT2D eigenvalue weighted by atomic mass is 9.86. The number of hydrogen-bond donors (Lipinski definition) is 3. The molecule has 3 aromatic carbocycles. The highest BCUT2D eigenvalue weighted by molar-refractivity contribution is 5.88. The van der Waals surface area contributed by atoms with Gasteiger partial charge in [0.2, 0.25) is 5.91 Å². The Bertz CT molecular complexity index is 1360. The van der Waals surface area contributed by atoms with E-state index in [4.69, 9.17) is 4.74 Å². The molecule has 1 fully saturated rings. The van der Waals surface area contributed by atoms with E-state index in [0.717, 1.165) is 28.8 Å². The third-order valence-corrected chi connectivity index (χ3v) is 8.58. The molecule has 8 nitrogen and oxygen atoms in total. The van der Waals surface area contributed by atoms with Crippen LogP contribution in [0.4, 0.5) is 4.79 Å². The Balaban J connectivity index is 1.14. The fourth-order valence-electron chi connectivity index (χ4n) is 5.85. The summed E-state index contributed by atoms with van der Waals surface area (Å²) in [6.07, 6.45) is 0.00469. The molecule has 0 saturated carbocycles. The number of likely N-dealkylation sites (tertiary alicyclic amines) is 1. The number of aliphatic carboxylic acids is 1. The van der Waals surface area contributed by atoms with Gasteiger partial charge in [-0.3, -0.25) is 9.69 Å². The second kappa shape index (κ2) is 12.1. The number of carbonyl (C=O) groups is 3. The fourth-order valence-corrected chi connectivity index (χ4v) is 5.85. The first-order chi connectivity index (χ1) is 19.8. The Hall–Kier alpha value is -4.17. The van der Waals surface area contributed by atoms with Crippen LogP contribution in [0.3, 0.4) is 0 Å². The number of nitrogens with zero attached hydrogens (tertiary/aromatic N) is 1. The molecule has 8 heteroatoms. The van der Waals surface area contributed by atoms with Crippen molar-refractivity contribution in [1.82, 2.24) is 15.5 Å². The van der Waals surface area contributed by atoms with Crippen LogP contribution in [-0.4, -0.2) is 59.3 Å². The normalized spacial score (nSPS) is 17.5. The highest BCUT2D eigenvalue weighted by Gasteiger charge is 2.44. The smallest absolute Gasteiger partial charge is 0.407 e. The predicted octanol–water partition coefficient (Wildman–Crippen LogP) is 4.79. The van der Waals surface area contributed by atoms with Gasteiger partial charge in [0.15, 0.2) is 0 Å². The summed E-state index contributed by atoms with van der Waals surface area (Å²) in [5, 5.41) is 15.6. The first-order valence-electron chi connectivity index (χ1n) is 14.2. The minimum absolute atomic E-state index is 0.0626. The van der Waals surface area contributed by atoms with Gasteiger partial charge in [0.05, 0.1) is 5.92 Å². The van der Waals surface area contributed by atoms with Crippen LogP contribution in [0.25, 0.3) is 11.1 Å². The average molecular weight is 556 g/mol. The Labute approximate surface area is 240 Å². The van der Waals surface area contributed by atoms with Crippen LogP contribution >= 0.6 is 0 Å². The van der Waals surface area contributed by atoms with Gasteiger partial charge in [0, 0.05) is 31.6 Å². The van der Waals surface area contributed by atoms with Crippen LogP contribution in [0.5, 0.6) is 0 Å². The van der Waals surface area contributed by atoms with Gasteiger partial charge in [-0.2, -0.15) is 0 Å². The Morgan fingerprint density at radius 3 is 2.05 bits per heavy atom. The van der Waals surface area contributed by atoms with Crippen LogP contribution in [0.2, 0.25) is 0 Å². The van der Waals surface area contributed by atoms with Crippen molar-refractivity contribution < 1.29 is 24.2 Å². The number of hydrogen-bond acceptors (Lipinski definition) is 5. The first kappa shape index (κ1) is 28.4. The number of carboxylic acid groups (broad SMARTS) is 1. The molecule has 41 heavy (non-hydrogen) atoms. The zero-order valence-corrected chi connectivity index (χ0v) is 23.5. The number of alkyl carbamates (subject to hydrolysis) is 1. The van der Waals surface area contributed by atoms with Crippen molar-refractivity contribution in [2.75, 3.05) is 19.7 Å². The minimum atomic E-state index is -1.33. The van der Waals surface area contributed by atoms with Gasteiger partial charge in [0.25, 0.3) is 0 Å². The van der Waals surface area contributed by atoms with Crippen molar-refractivity contribution in [3.63, 3.8) is 0 Å². The molecule has 5 rings (SSSR count). The largest absolute Gasteiger partial charge is 0.480 e. The van der Waals surface area contributed by atoms with Crippen molar-refractivity contribution >= 4 is 18.0 Å². The topological polar surface area (TPSA) is 108 Å². The summed E-state index contributed by atoms with van der Waals surface area (Å²) in [4.78, 5) is 40.4. The monoisotopic (exact) mass is 555 g/mol. The molecule has 1 aliphatic carbocycles. The van der Waals surface area contributed by atoms with Crippen LogP contribution in [0, 0.1) is 5.92 Å². The molecule has 0 radical (unpaired) electrons. The van der Waals surface area contributed by atoms with E-state index in [-0.39, 0.29) is 12.5 Å². The van der Waals surface area contributed by atoms with E-state index in [1.165, 1.54) is 5.56 Å². The highest BCUT2D eigenvalue weighted by atomic mass is 16.5. The van der Waals surface area contributed by atoms with Crippen molar-refractivity contribution in [2.45, 2.75) is 50.7 Å². The highest BCUT2D eigenvalue weighted by Crippen LogP contribution is 2.44. The lowest BCUT2D eigenvalue weighted by molar-refractivity contribution is -0.150. The zero-order chi connectivity index (χ0) is 29.0. The molecule has 3 N–H and O–H groups in total. The van der Waals surface area contributed by atoms with E-state index < -0.39 is 35.5 Å². The molecular formula is C33H37N3O5. The van der Waals surface area contributed by atoms with Crippen LogP contribution < -0.4 is 10.6 Å². The number of carbonyl (C=O) groups excluding carboxylic acids is 2. The van der Waals surface area contributed by atoms with Gasteiger partial charge in [-0.05, 0) is 47.6 Å². The molecule has 2 atom stereocenters. The molecule has 2 amide bonds. The molecule has 2 aliphatic rings. The number of carboxylic acids is 1. The third-order valence-electron chi connectivity index (χ3n) is 8.58. The third kappa shape index (κ3) is 6.12. The number of nitrogens with one attached hydrogen (secondary N) is 2. The van der Waals surface area contributed by atoms with Crippen LogP contribution in [-0.2, 0) is 20.9 Å². The second-order valence-electron chi connectivity index (χ2n) is 11.2. The molecule has 2 unspecified atom stereocenters. The number of rotatable bonds is 9. The molecule has 0 aromatic heterocycles. The Morgan fingerprint density at radius 2 is 1.46 bits per heavy atom. The fraction of sp³-hybridized carbons (Fsp3) is 0.364. The summed E-state index contributed by atoms with van der Waals surface area (Å²) in [5.41, 5.74) is 4.37. The number of ether oxygens (including phenoxy) is 1. The summed E-state index contributed by atoms with van der Waals surface area (Å²) in [6, 6.07) is 25.7. The molecule has 214 valence electrons. The van der Waals surface area contributed by atoms with Gasteiger partial charge in [-0.1, -0.05) is 85.8 Å². The number of fused-ring (bicyclic) bond motifs is 3. The van der Waals surface area contributed by atoms with E-state index in [9.17, 15) is 19.5 Å². The molecule has 0 bridgehead atoms. The van der Waals surface area contributed by atoms with Gasteiger partial charge in [0.1, 0.15) is 12.1 Å². The van der Waals surface area contributed by atoms with Crippen LogP contribution in [0.1, 0.15) is 49.3 Å². The molecule has 1 saturated heterocycles. The van der Waals surface area contributed by atoms with E-state index in [1.807, 2.05) is 54.6 Å². The Kier molecular flexibility index (Phi) is 8.40. The lowest BCUT2D eigenvalue weighted by Gasteiger charge is -2.40. The van der Waals surface area contributed by atoms with Crippen molar-refractivity contribution in [2.24, 2.45) is 5.92 Å². The second-order valence-corrected chi connectivity index (χ2v) is 11.2. The zero-order valence-electron chi connectivity index (χ0n) is 23.5. The first-order valence-corrected chi connectivity index (χ1v) is 14.2. The van der Waals surface area contributed by atoms with Gasteiger partial charge < -0.3 is 20.5 Å². The quantitative estimate of drug-likeness (QED) is 0.351. The summed E-state index contributed by atoms with van der Waals surface area (Å²) >= 11 is 0. The molecule has 1 heterocycles. The van der Waals surface area contributed by atoms with Crippen molar-refractivity contribution in [1.29, 1.82) is 0 Å². The van der Waals surface area contributed by atoms with E-state index in [1.54, 1.807) is 13.8 Å². The van der Waals surface area contributed by atoms with Gasteiger partial charge >= 0.3 is 12.1 Å². The maximum absolute atomic E-state index is 13.2. The van der Waals surface area contributed by atoms with Gasteiger partial charge in [-0.25, -0.2) is 9.59 Å². The minimum Gasteiger partial charge on any atom is -0.480 e. The van der Waals surface area contributed by atoms with Crippen molar-refractivity contribution in [3.05, 3.63) is 95.6 Å². The van der Waals surface area contributed by atoms with Crippen LogP contribution in [0.15, 0.2) is 78.9 Å². The maximum Gasteiger partial charge on any atom is 0.407 e. The average Bonchev–Trinajstić information content (AvgIpc) is 3.30. The molecule has 1 aliphatic heterocycles. The molecular weight excluding hydrogens is 518 g/mol. The van der Waals surface area contributed by atoms with Gasteiger partial charge in [-0.15, -0.1) is 0 Å². The molecule has 0 spiro atoms. The van der Waals surface area contributed by atoms with E-state index >= 15 is 0 Å². The summed E-state index contributed by atoms with van der Waals surface area (Å²) in [7, 11) is 0. The SMILES string of the molecule is CC(NC(=O)OCC1c2ccccc2-c2ccccc21)C(C)C(=O)NC1(C(=O)O)CCN(Cc2ccccc2)CC1. The lowest BCUT2D eigenvalue weighted by Crippen LogP contribution is -2.61. The Morgan fingerprint density at radius 1 is 0.902 bits per heavy atom. The molecule has 3 aromatic rings. The number of benzene rings is 3. The summed E-state index contributed by atoms with van der Waals surface area (Å²) in [5.74, 6) is -2.16. The predicted molar refractivity (Wildman–Crippen MR) is 156 cm³/mol. The standard InChI is InChI=1S/C33H37N3O5/c1-22(30(37)35-33(31(38)39)16-18-36(19-17-33)20-24-10-4-3-5-11-24)23(2)34-32(40)41-21-29-27-14-8-6-12-25(27)26-13-7-9-15-28(26)29/h3-15,22-23,29H,16-21H2,1-2H3,(H,34,40)(H,35,37)(H,38,39). The number of piperidine rings is 1. The van der Waals surface area contributed by atoms with E-state index in [0.29, 0.717) is 25.9 Å².